The van der Waals surface area contributed by atoms with E-state index in [4.69, 9.17) is 14.2 Å². The number of carbonyl (C=O) groups excluding carboxylic acids is 2. The van der Waals surface area contributed by atoms with Gasteiger partial charge in [0, 0.05) is 25.3 Å². The first-order valence-electron chi connectivity index (χ1n) is 7.82. The van der Waals surface area contributed by atoms with Crippen molar-refractivity contribution in [2.75, 3.05) is 0 Å². The van der Waals surface area contributed by atoms with Crippen LogP contribution in [0.25, 0.3) is 0 Å². The Bertz CT molecular complexity index is 594. The van der Waals surface area contributed by atoms with Crippen molar-refractivity contribution in [2.45, 2.75) is 63.6 Å². The number of hydrogen-bond acceptors (Lipinski definition) is 6. The summed E-state index contributed by atoms with van der Waals surface area (Å²) in [4.78, 5) is 23.2. The normalized spacial score (nSPS) is 45.2. The molecule has 6 heteroatoms. The van der Waals surface area contributed by atoms with Crippen LogP contribution < -0.4 is 0 Å². The molecular weight excluding hydrogens is 300 g/mol. The first kappa shape index (κ1) is 16.2. The monoisotopic (exact) mass is 322 g/mol. The number of fused-ring (bicyclic) bond motifs is 2. The van der Waals surface area contributed by atoms with Crippen LogP contribution in [-0.2, 0) is 23.8 Å². The smallest absolute Gasteiger partial charge is 0.334 e. The first-order valence-corrected chi connectivity index (χ1v) is 7.82. The number of aliphatic hydroxyl groups excluding tert-OH is 1. The van der Waals surface area contributed by atoms with Crippen LogP contribution in [0.5, 0.6) is 0 Å². The second kappa shape index (κ2) is 5.46. The molecule has 0 radical (unpaired) electrons. The van der Waals surface area contributed by atoms with Gasteiger partial charge in [0.15, 0.2) is 0 Å². The van der Waals surface area contributed by atoms with Crippen molar-refractivity contribution in [1.82, 2.24) is 0 Å². The number of aliphatic hydroxyl groups is 1. The summed E-state index contributed by atoms with van der Waals surface area (Å²) in [6.45, 7) is 8.86. The molecule has 0 aromatic rings. The highest BCUT2D eigenvalue weighted by molar-refractivity contribution is 5.91. The van der Waals surface area contributed by atoms with Crippen LogP contribution in [0.2, 0.25) is 0 Å². The van der Waals surface area contributed by atoms with Crippen molar-refractivity contribution >= 4 is 11.9 Å². The number of ether oxygens (including phenoxy) is 3. The second-order valence-corrected chi connectivity index (χ2v) is 6.85. The summed E-state index contributed by atoms with van der Waals surface area (Å²) in [5.74, 6) is -1.35. The maximum atomic E-state index is 11.8. The van der Waals surface area contributed by atoms with Gasteiger partial charge in [0.25, 0.3) is 0 Å². The zero-order chi connectivity index (χ0) is 16.9. The van der Waals surface area contributed by atoms with E-state index in [1.165, 1.54) is 6.92 Å². The number of carbonyl (C=O) groups is 2. The first-order chi connectivity index (χ1) is 10.7. The number of epoxide rings is 1. The van der Waals surface area contributed by atoms with E-state index in [1.807, 2.05) is 6.92 Å². The van der Waals surface area contributed by atoms with Crippen molar-refractivity contribution in [1.29, 1.82) is 0 Å². The van der Waals surface area contributed by atoms with E-state index in [-0.39, 0.29) is 17.6 Å². The SMILES string of the molecule is C=C1C(=O)O[C@H]2C[C@@]3(C)O[C@@H]3C[C@H](OC(C)=O)/C(C)=C/[C@@H](O)[C@H]12. The standard InChI is InChI=1S/C17H22O6/c1-8-5-11(19)15-9(2)16(20)22-13(15)7-17(4)14(23-17)6-12(8)21-10(3)18/h5,11-15,19H,2,6-7H2,1,3-4H3/b8-5+/t11-,12+,13+,14-,15+,17-/m1/s1. The molecule has 6 nitrogen and oxygen atoms in total. The topological polar surface area (TPSA) is 85.4 Å². The Morgan fingerprint density at radius 1 is 1.52 bits per heavy atom. The van der Waals surface area contributed by atoms with Crippen LogP contribution >= 0.6 is 0 Å². The predicted octanol–water partition coefficient (Wildman–Crippen LogP) is 1.27. The lowest BCUT2D eigenvalue weighted by Gasteiger charge is -2.26. The fourth-order valence-electron chi connectivity index (χ4n) is 3.61. The summed E-state index contributed by atoms with van der Waals surface area (Å²) in [6, 6.07) is 0. The molecule has 1 aliphatic carbocycles. The molecule has 2 saturated heterocycles. The van der Waals surface area contributed by atoms with Gasteiger partial charge in [0.05, 0.1) is 23.7 Å². The Kier molecular flexibility index (Phi) is 3.84. The highest BCUT2D eigenvalue weighted by Crippen LogP contribution is 2.48. The highest BCUT2D eigenvalue weighted by atomic mass is 16.6. The van der Waals surface area contributed by atoms with Gasteiger partial charge in [-0.3, -0.25) is 4.79 Å². The average molecular weight is 322 g/mol. The maximum absolute atomic E-state index is 11.8. The van der Waals surface area contributed by atoms with Crippen molar-refractivity contribution < 1.29 is 28.9 Å². The highest BCUT2D eigenvalue weighted by Gasteiger charge is 2.58. The molecule has 6 atom stereocenters. The summed E-state index contributed by atoms with van der Waals surface area (Å²) in [5, 5.41) is 10.5. The molecule has 0 aromatic carbocycles. The third-order valence-electron chi connectivity index (χ3n) is 5.01. The molecule has 2 aliphatic heterocycles. The van der Waals surface area contributed by atoms with Crippen molar-refractivity contribution in [3.05, 3.63) is 23.8 Å². The quantitative estimate of drug-likeness (QED) is 0.339. The van der Waals surface area contributed by atoms with Gasteiger partial charge in [-0.15, -0.1) is 0 Å². The largest absolute Gasteiger partial charge is 0.458 e. The van der Waals surface area contributed by atoms with Gasteiger partial charge in [0.1, 0.15) is 12.2 Å². The van der Waals surface area contributed by atoms with Crippen molar-refractivity contribution in [2.24, 2.45) is 5.92 Å². The molecule has 3 rings (SSSR count). The van der Waals surface area contributed by atoms with Crippen LogP contribution in [0.1, 0.15) is 33.6 Å². The number of esters is 2. The molecule has 0 bridgehead atoms. The molecule has 1 N–H and O–H groups in total. The molecule has 126 valence electrons. The molecule has 23 heavy (non-hydrogen) atoms. The van der Waals surface area contributed by atoms with E-state index in [9.17, 15) is 14.7 Å². The van der Waals surface area contributed by atoms with Crippen LogP contribution in [-0.4, -0.2) is 47.1 Å². The molecule has 0 aromatic heterocycles. The van der Waals surface area contributed by atoms with E-state index in [1.54, 1.807) is 13.0 Å². The lowest BCUT2D eigenvalue weighted by Crippen LogP contribution is -2.34. The maximum Gasteiger partial charge on any atom is 0.334 e. The Morgan fingerprint density at radius 2 is 2.22 bits per heavy atom. The average Bonchev–Trinajstić information content (AvgIpc) is 2.96. The van der Waals surface area contributed by atoms with Gasteiger partial charge in [-0.25, -0.2) is 4.79 Å². The lowest BCUT2D eigenvalue weighted by molar-refractivity contribution is -0.145. The fraction of sp³-hybridized carbons (Fsp3) is 0.647. The lowest BCUT2D eigenvalue weighted by atomic mass is 9.82. The van der Waals surface area contributed by atoms with Crippen LogP contribution in [0.15, 0.2) is 23.8 Å². The van der Waals surface area contributed by atoms with Gasteiger partial charge in [-0.1, -0.05) is 12.7 Å². The van der Waals surface area contributed by atoms with Crippen LogP contribution in [0.3, 0.4) is 0 Å². The molecule has 3 aliphatic rings. The Hall–Kier alpha value is -1.66. The van der Waals surface area contributed by atoms with Gasteiger partial charge in [0.2, 0.25) is 0 Å². The Balaban J connectivity index is 1.94. The summed E-state index contributed by atoms with van der Waals surface area (Å²) in [6.07, 6.45) is 0.755. The van der Waals surface area contributed by atoms with Gasteiger partial charge in [-0.2, -0.15) is 0 Å². The van der Waals surface area contributed by atoms with E-state index >= 15 is 0 Å². The molecule has 0 unspecified atom stereocenters. The molecular formula is C17H22O6. The molecule has 0 saturated carbocycles. The minimum atomic E-state index is -0.920. The summed E-state index contributed by atoms with van der Waals surface area (Å²) >= 11 is 0. The summed E-state index contributed by atoms with van der Waals surface area (Å²) in [5.41, 5.74) is 0.569. The van der Waals surface area contributed by atoms with E-state index in [0.717, 1.165) is 5.57 Å². The van der Waals surface area contributed by atoms with Gasteiger partial charge < -0.3 is 19.3 Å². The van der Waals surface area contributed by atoms with E-state index < -0.39 is 35.8 Å². The minimum absolute atomic E-state index is 0.0707. The molecule has 2 fully saturated rings. The molecule has 0 spiro atoms. The van der Waals surface area contributed by atoms with Crippen LogP contribution in [0, 0.1) is 5.92 Å². The van der Waals surface area contributed by atoms with Gasteiger partial charge in [-0.05, 0) is 19.4 Å². The van der Waals surface area contributed by atoms with E-state index in [2.05, 4.69) is 6.58 Å². The van der Waals surface area contributed by atoms with Crippen LogP contribution in [0.4, 0.5) is 0 Å². The molecule has 2 heterocycles. The number of hydrogen-bond donors (Lipinski definition) is 1. The molecule has 0 amide bonds. The van der Waals surface area contributed by atoms with Crippen molar-refractivity contribution in [3.8, 4) is 0 Å². The Labute approximate surface area is 135 Å². The minimum Gasteiger partial charge on any atom is -0.458 e. The van der Waals surface area contributed by atoms with E-state index in [0.29, 0.717) is 12.8 Å². The summed E-state index contributed by atoms with van der Waals surface area (Å²) in [7, 11) is 0. The number of rotatable bonds is 1. The van der Waals surface area contributed by atoms with Gasteiger partial charge >= 0.3 is 11.9 Å². The van der Waals surface area contributed by atoms with Crippen molar-refractivity contribution in [3.63, 3.8) is 0 Å². The zero-order valence-electron chi connectivity index (χ0n) is 13.6. The zero-order valence-corrected chi connectivity index (χ0v) is 13.6. The predicted molar refractivity (Wildman–Crippen MR) is 80.3 cm³/mol. The fourth-order valence-corrected chi connectivity index (χ4v) is 3.61. The Morgan fingerprint density at radius 3 is 2.87 bits per heavy atom. The third-order valence-corrected chi connectivity index (χ3v) is 5.01. The second-order valence-electron chi connectivity index (χ2n) is 6.85. The third kappa shape index (κ3) is 2.93. The summed E-state index contributed by atoms with van der Waals surface area (Å²) < 4.78 is 16.5.